The molecule has 1 amide bonds. The lowest BCUT2D eigenvalue weighted by Crippen LogP contribution is -2.36. The highest BCUT2D eigenvalue weighted by Gasteiger charge is 2.25. The van der Waals surface area contributed by atoms with Crippen molar-refractivity contribution >= 4 is 39.1 Å². The third-order valence-electron chi connectivity index (χ3n) is 6.40. The standard InChI is InChI=1S/C24H34N6O4S/c1-17-14-22-27-23(32)20-9-8-19(29-35(33,34)13-12-31)15-21(20)30-11-5-7-18(16-30)6-3-2-4-10-25-24(26-17)28-22/h8-9,14-15,18,29,31H,2-7,10-13,16H2,1H3,(H2,25,26,27,28,32)/t18-/m0/s1. The number of aryl methyl sites for hydroxylation is 1. The van der Waals surface area contributed by atoms with E-state index in [9.17, 15) is 13.2 Å². The molecule has 0 unspecified atom stereocenters. The smallest absolute Gasteiger partial charge is 0.258 e. The number of carbonyl (C=O) groups is 1. The number of piperidine rings is 1. The van der Waals surface area contributed by atoms with Crippen LogP contribution in [0.1, 0.15) is 54.6 Å². The fraction of sp³-hybridized carbons (Fsp3) is 0.542. The van der Waals surface area contributed by atoms with Crippen molar-refractivity contribution < 1.29 is 18.3 Å². The Labute approximate surface area is 206 Å². The maximum atomic E-state index is 13.4. The first-order valence-electron chi connectivity index (χ1n) is 12.2. The van der Waals surface area contributed by atoms with Crippen LogP contribution < -0.4 is 20.3 Å². The number of aliphatic hydroxyl groups is 1. The Kier molecular flexibility index (Phi) is 8.07. The molecule has 10 nitrogen and oxygen atoms in total. The van der Waals surface area contributed by atoms with Gasteiger partial charge in [-0.15, -0.1) is 0 Å². The number of fused-ring (bicyclic) bond motifs is 6. The number of sulfonamides is 1. The second-order valence-corrected chi connectivity index (χ2v) is 11.1. The molecule has 4 N–H and O–H groups in total. The predicted octanol–water partition coefficient (Wildman–Crippen LogP) is 2.97. The van der Waals surface area contributed by atoms with Gasteiger partial charge in [-0.2, -0.15) is 4.98 Å². The number of hydrogen-bond donors (Lipinski definition) is 4. The van der Waals surface area contributed by atoms with Crippen molar-refractivity contribution in [3.63, 3.8) is 0 Å². The number of benzene rings is 1. The zero-order chi connectivity index (χ0) is 24.8. The van der Waals surface area contributed by atoms with E-state index in [4.69, 9.17) is 5.11 Å². The average molecular weight is 503 g/mol. The third-order valence-corrected chi connectivity index (χ3v) is 7.67. The molecule has 2 aromatic rings. The largest absolute Gasteiger partial charge is 0.395 e. The van der Waals surface area contributed by atoms with Gasteiger partial charge in [0.15, 0.2) is 0 Å². The van der Waals surface area contributed by atoms with Gasteiger partial charge < -0.3 is 20.6 Å². The van der Waals surface area contributed by atoms with E-state index in [0.29, 0.717) is 34.6 Å². The lowest BCUT2D eigenvalue weighted by molar-refractivity contribution is 0.102. The lowest BCUT2D eigenvalue weighted by atomic mass is 9.91. The molecule has 0 aliphatic carbocycles. The maximum Gasteiger partial charge on any atom is 0.258 e. The van der Waals surface area contributed by atoms with Gasteiger partial charge >= 0.3 is 0 Å². The Balaban J connectivity index is 1.70. The number of nitrogens with zero attached hydrogens (tertiary/aromatic N) is 3. The molecule has 1 aromatic heterocycles. The van der Waals surface area contributed by atoms with Gasteiger partial charge in [0.05, 0.1) is 29.3 Å². The van der Waals surface area contributed by atoms with Crippen molar-refractivity contribution in [2.24, 2.45) is 5.92 Å². The Hall–Kier alpha value is -2.92. The van der Waals surface area contributed by atoms with E-state index in [1.165, 1.54) is 0 Å². The minimum atomic E-state index is -3.69. The number of nitrogens with one attached hydrogen (secondary N) is 3. The van der Waals surface area contributed by atoms with Crippen molar-refractivity contribution in [3.05, 3.63) is 35.5 Å². The van der Waals surface area contributed by atoms with E-state index in [2.05, 4.69) is 30.2 Å². The van der Waals surface area contributed by atoms with Crippen LogP contribution in [0.3, 0.4) is 0 Å². The van der Waals surface area contributed by atoms with Crippen molar-refractivity contribution in [3.8, 4) is 0 Å². The summed E-state index contributed by atoms with van der Waals surface area (Å²) in [4.78, 5) is 24.4. The summed E-state index contributed by atoms with van der Waals surface area (Å²) in [5, 5.41) is 15.2. The number of amides is 1. The molecular formula is C24H34N6O4S. The third kappa shape index (κ3) is 6.82. The lowest BCUT2D eigenvalue weighted by Gasteiger charge is -2.36. The molecule has 190 valence electrons. The van der Waals surface area contributed by atoms with Gasteiger partial charge in [0, 0.05) is 31.4 Å². The van der Waals surface area contributed by atoms with Crippen molar-refractivity contribution in [1.82, 2.24) is 9.97 Å². The summed E-state index contributed by atoms with van der Waals surface area (Å²) in [5.41, 5.74) is 2.25. The summed E-state index contributed by atoms with van der Waals surface area (Å²) >= 11 is 0. The van der Waals surface area contributed by atoms with E-state index in [0.717, 1.165) is 63.9 Å². The zero-order valence-corrected chi connectivity index (χ0v) is 20.9. The number of hydrogen-bond acceptors (Lipinski definition) is 8. The van der Waals surface area contributed by atoms with Crippen LogP contribution >= 0.6 is 0 Å². The maximum absolute atomic E-state index is 13.4. The van der Waals surface area contributed by atoms with Gasteiger partial charge in [-0.05, 0) is 56.7 Å². The Morgan fingerprint density at radius 1 is 1.14 bits per heavy atom. The van der Waals surface area contributed by atoms with E-state index in [1.807, 2.05) is 6.92 Å². The first-order chi connectivity index (χ1) is 16.8. The van der Waals surface area contributed by atoms with Gasteiger partial charge in [0.25, 0.3) is 5.91 Å². The van der Waals surface area contributed by atoms with Crippen molar-refractivity contribution in [2.45, 2.75) is 45.4 Å². The van der Waals surface area contributed by atoms with Gasteiger partial charge in [-0.1, -0.05) is 12.8 Å². The number of aromatic nitrogens is 2. The molecule has 4 bridgehead atoms. The predicted molar refractivity (Wildman–Crippen MR) is 138 cm³/mol. The highest BCUT2D eigenvalue weighted by molar-refractivity contribution is 7.92. The molecular weight excluding hydrogens is 468 g/mol. The normalized spacial score (nSPS) is 19.3. The molecule has 1 fully saturated rings. The van der Waals surface area contributed by atoms with E-state index >= 15 is 0 Å². The van der Waals surface area contributed by atoms with Crippen molar-refractivity contribution in [1.29, 1.82) is 0 Å². The molecule has 0 radical (unpaired) electrons. The Morgan fingerprint density at radius 3 is 2.80 bits per heavy atom. The van der Waals surface area contributed by atoms with Crippen LogP contribution in [0.2, 0.25) is 0 Å². The molecule has 1 saturated heterocycles. The summed E-state index contributed by atoms with van der Waals surface area (Å²) in [5.74, 6) is 0.714. The van der Waals surface area contributed by atoms with Crippen LogP contribution in [0.5, 0.6) is 0 Å². The van der Waals surface area contributed by atoms with E-state index < -0.39 is 16.6 Å². The highest BCUT2D eigenvalue weighted by atomic mass is 32.2. The molecule has 1 aromatic carbocycles. The first kappa shape index (κ1) is 25.2. The molecule has 4 rings (SSSR count). The molecule has 0 spiro atoms. The minimum absolute atomic E-state index is 0.317. The van der Waals surface area contributed by atoms with Crippen LogP contribution in [0, 0.1) is 12.8 Å². The van der Waals surface area contributed by atoms with Crippen LogP contribution in [0.4, 0.5) is 23.1 Å². The number of aliphatic hydroxyl groups excluding tert-OH is 1. The van der Waals surface area contributed by atoms with Gasteiger partial charge in [0.2, 0.25) is 16.0 Å². The van der Waals surface area contributed by atoms with Crippen LogP contribution in [0.15, 0.2) is 24.3 Å². The SMILES string of the molecule is Cc1cc2nc(n1)NCCCCC[C@H]1CCCN(C1)c1cc(NS(=O)(=O)CCO)ccc1C(=O)N2. The fourth-order valence-corrected chi connectivity index (χ4v) is 5.58. The second-order valence-electron chi connectivity index (χ2n) is 9.28. The summed E-state index contributed by atoms with van der Waals surface area (Å²) < 4.78 is 27.0. The van der Waals surface area contributed by atoms with E-state index in [1.54, 1.807) is 24.3 Å². The van der Waals surface area contributed by atoms with Gasteiger partial charge in [-0.3, -0.25) is 9.52 Å². The Bertz CT molecular complexity index is 1160. The summed E-state index contributed by atoms with van der Waals surface area (Å²) in [6.45, 7) is 3.79. The van der Waals surface area contributed by atoms with Gasteiger partial charge in [0.1, 0.15) is 5.82 Å². The molecule has 11 heteroatoms. The second kappa shape index (κ2) is 11.2. The fourth-order valence-electron chi connectivity index (χ4n) is 4.75. The molecule has 2 aliphatic heterocycles. The van der Waals surface area contributed by atoms with Crippen LogP contribution in [-0.4, -0.2) is 61.4 Å². The molecule has 35 heavy (non-hydrogen) atoms. The monoisotopic (exact) mass is 502 g/mol. The minimum Gasteiger partial charge on any atom is -0.395 e. The number of carbonyl (C=O) groups excluding carboxylic acids is 1. The number of rotatable bonds is 4. The quantitative estimate of drug-likeness (QED) is 0.501. The van der Waals surface area contributed by atoms with Crippen LogP contribution in [-0.2, 0) is 10.0 Å². The first-order valence-corrected chi connectivity index (χ1v) is 13.9. The summed E-state index contributed by atoms with van der Waals surface area (Å²) in [7, 11) is -3.69. The van der Waals surface area contributed by atoms with Crippen molar-refractivity contribution in [2.75, 3.05) is 52.2 Å². The Morgan fingerprint density at radius 2 is 1.97 bits per heavy atom. The highest BCUT2D eigenvalue weighted by Crippen LogP contribution is 2.32. The van der Waals surface area contributed by atoms with Gasteiger partial charge in [-0.25, -0.2) is 13.4 Å². The average Bonchev–Trinajstić information content (AvgIpc) is 2.80. The summed E-state index contributed by atoms with van der Waals surface area (Å²) in [6.07, 6.45) is 6.56. The summed E-state index contributed by atoms with van der Waals surface area (Å²) in [6, 6.07) is 6.65. The topological polar surface area (TPSA) is 137 Å². The molecule has 1 atom stereocenters. The van der Waals surface area contributed by atoms with Crippen LogP contribution in [0.25, 0.3) is 0 Å². The number of anilines is 4. The molecule has 0 saturated carbocycles. The zero-order valence-electron chi connectivity index (χ0n) is 20.1. The van der Waals surface area contributed by atoms with E-state index in [-0.39, 0.29) is 11.7 Å². The molecule has 3 heterocycles. The molecule has 2 aliphatic rings.